The van der Waals surface area contributed by atoms with Gasteiger partial charge in [0.05, 0.1) is 13.7 Å². The molecule has 1 rings (SSSR count). The van der Waals surface area contributed by atoms with Gasteiger partial charge >= 0.3 is 5.97 Å². The van der Waals surface area contributed by atoms with Crippen molar-refractivity contribution in [1.82, 2.24) is 5.32 Å². The topological polar surface area (TPSA) is 47.6 Å². The zero-order valence-corrected chi connectivity index (χ0v) is 13.5. The van der Waals surface area contributed by atoms with E-state index in [1.54, 1.807) is 0 Å². The molecule has 0 radical (unpaired) electrons. The Bertz CT molecular complexity index is 419. The number of carbonyl (C=O) groups is 1. The Morgan fingerprint density at radius 1 is 1.24 bits per heavy atom. The molecule has 4 nitrogen and oxygen atoms in total. The molecule has 0 aromatic heterocycles. The van der Waals surface area contributed by atoms with Crippen LogP contribution in [0.4, 0.5) is 0 Å². The number of hydrogen-bond donors (Lipinski definition) is 1. The second-order valence-corrected chi connectivity index (χ2v) is 5.74. The molecule has 0 aliphatic rings. The number of nitrogens with one attached hydrogen (secondary N) is 1. The Morgan fingerprint density at radius 2 is 1.90 bits per heavy atom. The number of carbonyl (C=O) groups excluding carboxylic acids is 1. The fourth-order valence-corrected chi connectivity index (χ4v) is 2.38. The number of esters is 1. The highest BCUT2D eigenvalue weighted by Gasteiger charge is 2.33. The summed E-state index contributed by atoms with van der Waals surface area (Å²) >= 11 is 0. The van der Waals surface area contributed by atoms with Crippen molar-refractivity contribution in [1.29, 1.82) is 0 Å². The van der Waals surface area contributed by atoms with Crippen LogP contribution in [0.3, 0.4) is 0 Å². The molecule has 0 spiro atoms. The average molecular weight is 293 g/mol. The molecule has 0 saturated carbocycles. The molecule has 0 fully saturated rings. The van der Waals surface area contributed by atoms with Gasteiger partial charge in [0.1, 0.15) is 11.3 Å². The summed E-state index contributed by atoms with van der Waals surface area (Å²) in [6.07, 6.45) is 2.54. The highest BCUT2D eigenvalue weighted by Crippen LogP contribution is 2.17. The first-order valence-electron chi connectivity index (χ1n) is 7.52. The molecule has 0 aliphatic carbocycles. The molecule has 1 aromatic carbocycles. The minimum absolute atomic E-state index is 0.208. The molecule has 0 heterocycles. The van der Waals surface area contributed by atoms with Gasteiger partial charge in [-0.25, -0.2) is 0 Å². The van der Waals surface area contributed by atoms with Crippen LogP contribution >= 0.6 is 0 Å². The molecular formula is C17H27NO3. The monoisotopic (exact) mass is 293 g/mol. The van der Waals surface area contributed by atoms with E-state index in [9.17, 15) is 4.79 Å². The van der Waals surface area contributed by atoms with Crippen LogP contribution in [0.25, 0.3) is 0 Å². The van der Waals surface area contributed by atoms with Crippen molar-refractivity contribution in [2.24, 2.45) is 0 Å². The van der Waals surface area contributed by atoms with E-state index >= 15 is 0 Å². The first-order chi connectivity index (χ1) is 9.98. The zero-order chi connectivity index (χ0) is 15.7. The highest BCUT2D eigenvalue weighted by atomic mass is 16.5. The van der Waals surface area contributed by atoms with Crippen LogP contribution in [0.5, 0.6) is 5.75 Å². The average Bonchev–Trinajstić information content (AvgIpc) is 2.46. The van der Waals surface area contributed by atoms with Gasteiger partial charge in [-0.3, -0.25) is 10.1 Å². The fraction of sp³-hybridized carbons (Fsp3) is 0.588. The number of rotatable bonds is 9. The van der Waals surface area contributed by atoms with Crippen LogP contribution in [0.1, 0.15) is 40.0 Å². The molecule has 1 aromatic rings. The lowest BCUT2D eigenvalue weighted by Crippen LogP contribution is -2.52. The lowest BCUT2D eigenvalue weighted by Gasteiger charge is -2.30. The van der Waals surface area contributed by atoms with E-state index < -0.39 is 5.54 Å². The lowest BCUT2D eigenvalue weighted by atomic mass is 9.94. The summed E-state index contributed by atoms with van der Waals surface area (Å²) in [6.45, 7) is 6.61. The smallest absolute Gasteiger partial charge is 0.325 e. The molecule has 1 N–H and O–H groups in total. The Kier molecular flexibility index (Phi) is 7.23. The molecule has 4 heteroatoms. The van der Waals surface area contributed by atoms with Crippen LogP contribution in [-0.4, -0.2) is 31.3 Å². The molecular weight excluding hydrogens is 266 g/mol. The number of methoxy groups -OCH3 is 1. The summed E-state index contributed by atoms with van der Waals surface area (Å²) < 4.78 is 10.6. The first-order valence-corrected chi connectivity index (χ1v) is 7.52. The van der Waals surface area contributed by atoms with Crippen molar-refractivity contribution >= 4 is 5.97 Å². The van der Waals surface area contributed by atoms with E-state index in [1.807, 2.05) is 51.1 Å². The molecule has 118 valence electrons. The maximum absolute atomic E-state index is 11.9. The van der Waals surface area contributed by atoms with Gasteiger partial charge in [0.2, 0.25) is 0 Å². The van der Waals surface area contributed by atoms with Crippen molar-refractivity contribution in [2.45, 2.75) is 51.6 Å². The van der Waals surface area contributed by atoms with Crippen LogP contribution in [-0.2, 0) is 9.53 Å². The summed E-state index contributed by atoms with van der Waals surface area (Å²) in [5.74, 6) is 0.675. The standard InChI is InChI=1S/C17H27NO3/c1-14(2)18-17(3,16(19)20-4)12-8-9-13-21-15-10-6-5-7-11-15/h5-7,10-11,14,18H,8-9,12-13H2,1-4H3. The van der Waals surface area contributed by atoms with E-state index in [0.717, 1.165) is 25.0 Å². The largest absolute Gasteiger partial charge is 0.494 e. The molecule has 0 amide bonds. The van der Waals surface area contributed by atoms with E-state index in [1.165, 1.54) is 7.11 Å². The second-order valence-electron chi connectivity index (χ2n) is 5.74. The van der Waals surface area contributed by atoms with Gasteiger partial charge in [-0.1, -0.05) is 18.2 Å². The van der Waals surface area contributed by atoms with Crippen molar-refractivity contribution in [2.75, 3.05) is 13.7 Å². The molecule has 0 bridgehead atoms. The van der Waals surface area contributed by atoms with Gasteiger partial charge < -0.3 is 9.47 Å². The normalized spacial score (nSPS) is 13.8. The Labute approximate surface area is 127 Å². The third kappa shape index (κ3) is 6.17. The minimum Gasteiger partial charge on any atom is -0.494 e. The summed E-state index contributed by atoms with van der Waals surface area (Å²) in [5.41, 5.74) is -0.629. The van der Waals surface area contributed by atoms with Gasteiger partial charge in [0, 0.05) is 6.04 Å². The summed E-state index contributed by atoms with van der Waals surface area (Å²) in [5, 5.41) is 3.30. The Morgan fingerprint density at radius 3 is 2.48 bits per heavy atom. The molecule has 21 heavy (non-hydrogen) atoms. The van der Waals surface area contributed by atoms with Crippen LogP contribution in [0.15, 0.2) is 30.3 Å². The maximum Gasteiger partial charge on any atom is 0.325 e. The fourth-order valence-electron chi connectivity index (χ4n) is 2.38. The van der Waals surface area contributed by atoms with Crippen molar-refractivity contribution < 1.29 is 14.3 Å². The highest BCUT2D eigenvalue weighted by molar-refractivity contribution is 5.80. The SMILES string of the molecule is COC(=O)C(C)(CCCCOc1ccccc1)NC(C)C. The number of ether oxygens (including phenoxy) is 2. The predicted octanol–water partition coefficient (Wildman–Crippen LogP) is 3.17. The van der Waals surface area contributed by atoms with E-state index in [2.05, 4.69) is 5.32 Å². The van der Waals surface area contributed by atoms with Gasteiger partial charge in [0.15, 0.2) is 0 Å². The van der Waals surface area contributed by atoms with Crippen molar-refractivity contribution in [3.63, 3.8) is 0 Å². The van der Waals surface area contributed by atoms with Crippen LogP contribution < -0.4 is 10.1 Å². The third-order valence-corrected chi connectivity index (χ3v) is 3.33. The second kappa shape index (κ2) is 8.67. The van der Waals surface area contributed by atoms with Gasteiger partial charge in [-0.15, -0.1) is 0 Å². The summed E-state index contributed by atoms with van der Waals surface area (Å²) in [6, 6.07) is 9.99. The van der Waals surface area contributed by atoms with Crippen LogP contribution in [0.2, 0.25) is 0 Å². The third-order valence-electron chi connectivity index (χ3n) is 3.33. The van der Waals surface area contributed by atoms with E-state index in [4.69, 9.17) is 9.47 Å². The minimum atomic E-state index is -0.629. The van der Waals surface area contributed by atoms with Gasteiger partial charge in [0.25, 0.3) is 0 Å². The lowest BCUT2D eigenvalue weighted by molar-refractivity contribution is -0.148. The number of para-hydroxylation sites is 1. The first kappa shape index (κ1) is 17.5. The molecule has 0 aliphatic heterocycles. The van der Waals surface area contributed by atoms with E-state index in [0.29, 0.717) is 6.61 Å². The van der Waals surface area contributed by atoms with E-state index in [-0.39, 0.29) is 12.0 Å². The van der Waals surface area contributed by atoms with Crippen LogP contribution in [0, 0.1) is 0 Å². The molecule has 0 saturated heterocycles. The maximum atomic E-state index is 11.9. The van der Waals surface area contributed by atoms with Crippen molar-refractivity contribution in [3.05, 3.63) is 30.3 Å². The summed E-state index contributed by atoms with van der Waals surface area (Å²) in [4.78, 5) is 11.9. The quantitative estimate of drug-likeness (QED) is 0.561. The molecule has 1 unspecified atom stereocenters. The van der Waals surface area contributed by atoms with Crippen molar-refractivity contribution in [3.8, 4) is 5.75 Å². The number of unbranched alkanes of at least 4 members (excludes halogenated alkanes) is 1. The summed E-state index contributed by atoms with van der Waals surface area (Å²) in [7, 11) is 1.43. The Balaban J connectivity index is 2.35. The van der Waals surface area contributed by atoms with Gasteiger partial charge in [-0.05, 0) is 52.2 Å². The number of hydrogen-bond acceptors (Lipinski definition) is 4. The predicted molar refractivity (Wildman–Crippen MR) is 84.5 cm³/mol. The zero-order valence-electron chi connectivity index (χ0n) is 13.5. The Hall–Kier alpha value is -1.55. The van der Waals surface area contributed by atoms with Gasteiger partial charge in [-0.2, -0.15) is 0 Å². The number of benzene rings is 1. The molecule has 1 atom stereocenters.